The van der Waals surface area contributed by atoms with E-state index in [4.69, 9.17) is 0 Å². The third kappa shape index (κ3) is 6.85. The van der Waals surface area contributed by atoms with Crippen LogP contribution in [0.2, 0.25) is 0 Å². The van der Waals surface area contributed by atoms with E-state index in [9.17, 15) is 9.59 Å². The van der Waals surface area contributed by atoms with Crippen molar-refractivity contribution in [1.29, 1.82) is 0 Å². The molecule has 0 aromatic heterocycles. The summed E-state index contributed by atoms with van der Waals surface area (Å²) >= 11 is 1.74. The summed E-state index contributed by atoms with van der Waals surface area (Å²) in [7, 11) is 0. The minimum Gasteiger partial charge on any atom is -0.355 e. The van der Waals surface area contributed by atoms with Gasteiger partial charge in [0.05, 0.1) is 6.42 Å². The molecule has 0 aliphatic rings. The lowest BCUT2D eigenvalue weighted by Gasteiger charge is -2.12. The summed E-state index contributed by atoms with van der Waals surface area (Å²) in [4.78, 5) is 24.5. The number of hydrogen-bond acceptors (Lipinski definition) is 3. The van der Waals surface area contributed by atoms with Crippen LogP contribution in [0.15, 0.2) is 72.1 Å². The highest BCUT2D eigenvalue weighted by atomic mass is 32.2. The standard InChI is InChI=1S/C20H22N2O2S/c1-3-19(23)22-17-11-9-16(10-12-17)13-20(24)21-14-15(2)25-18-7-5-4-6-8-18/h3-12,15H,1,13-14H2,2H3,(H,21,24)(H,22,23). The van der Waals surface area contributed by atoms with E-state index in [0.29, 0.717) is 23.9 Å². The van der Waals surface area contributed by atoms with Gasteiger partial charge in [-0.2, -0.15) is 0 Å². The molecule has 0 bridgehead atoms. The second kappa shape index (κ2) is 9.69. The number of thioether (sulfide) groups is 1. The topological polar surface area (TPSA) is 58.2 Å². The molecule has 0 radical (unpaired) electrons. The number of carbonyl (C=O) groups excluding carboxylic acids is 2. The molecule has 1 unspecified atom stereocenters. The molecule has 0 aliphatic heterocycles. The zero-order valence-electron chi connectivity index (χ0n) is 14.2. The summed E-state index contributed by atoms with van der Waals surface area (Å²) < 4.78 is 0. The Balaban J connectivity index is 1.76. The van der Waals surface area contributed by atoms with Crippen LogP contribution in [-0.4, -0.2) is 23.6 Å². The first-order valence-corrected chi connectivity index (χ1v) is 8.95. The van der Waals surface area contributed by atoms with Crippen LogP contribution in [0.3, 0.4) is 0 Å². The summed E-state index contributed by atoms with van der Waals surface area (Å²) in [5, 5.41) is 5.93. The van der Waals surface area contributed by atoms with Crippen molar-refractivity contribution >= 4 is 29.3 Å². The van der Waals surface area contributed by atoms with E-state index in [1.165, 1.54) is 11.0 Å². The van der Waals surface area contributed by atoms with Crippen LogP contribution in [-0.2, 0) is 16.0 Å². The van der Waals surface area contributed by atoms with Crippen molar-refractivity contribution in [2.45, 2.75) is 23.5 Å². The molecule has 2 rings (SSSR count). The van der Waals surface area contributed by atoms with Crippen LogP contribution < -0.4 is 10.6 Å². The second-order valence-corrected chi connectivity index (χ2v) is 7.12. The Morgan fingerprint density at radius 3 is 2.44 bits per heavy atom. The summed E-state index contributed by atoms with van der Waals surface area (Å²) in [5.74, 6) is -0.265. The summed E-state index contributed by atoms with van der Waals surface area (Å²) in [6, 6.07) is 17.4. The number of nitrogens with one attached hydrogen (secondary N) is 2. The Kier molecular flexibility index (Phi) is 7.29. The van der Waals surface area contributed by atoms with Gasteiger partial charge in [0.2, 0.25) is 11.8 Å². The first-order valence-electron chi connectivity index (χ1n) is 8.07. The number of rotatable bonds is 8. The number of carbonyl (C=O) groups is 2. The number of anilines is 1. The Hall–Kier alpha value is -2.53. The summed E-state index contributed by atoms with van der Waals surface area (Å²) in [6.45, 7) is 6.12. The van der Waals surface area contributed by atoms with Crippen molar-refractivity contribution in [2.75, 3.05) is 11.9 Å². The number of hydrogen-bond donors (Lipinski definition) is 2. The lowest BCUT2D eigenvalue weighted by molar-refractivity contribution is -0.120. The lowest BCUT2D eigenvalue weighted by Crippen LogP contribution is -2.30. The van der Waals surface area contributed by atoms with Gasteiger partial charge in [-0.25, -0.2) is 0 Å². The quantitative estimate of drug-likeness (QED) is 0.562. The largest absolute Gasteiger partial charge is 0.355 e. The van der Waals surface area contributed by atoms with Crippen molar-refractivity contribution in [3.63, 3.8) is 0 Å². The average molecular weight is 354 g/mol. The van der Waals surface area contributed by atoms with Gasteiger partial charge in [-0.3, -0.25) is 9.59 Å². The van der Waals surface area contributed by atoms with Crippen molar-refractivity contribution in [2.24, 2.45) is 0 Å². The van der Waals surface area contributed by atoms with Crippen molar-refractivity contribution in [3.8, 4) is 0 Å². The maximum Gasteiger partial charge on any atom is 0.247 e. The molecule has 0 saturated heterocycles. The van der Waals surface area contributed by atoms with Crippen LogP contribution >= 0.6 is 11.8 Å². The zero-order chi connectivity index (χ0) is 18.1. The molecule has 130 valence electrons. The van der Waals surface area contributed by atoms with E-state index in [2.05, 4.69) is 36.3 Å². The molecule has 0 heterocycles. The van der Waals surface area contributed by atoms with Gasteiger partial charge in [0.15, 0.2) is 0 Å². The first-order chi connectivity index (χ1) is 12.1. The highest BCUT2D eigenvalue weighted by Crippen LogP contribution is 2.21. The van der Waals surface area contributed by atoms with E-state index in [1.807, 2.05) is 30.3 Å². The van der Waals surface area contributed by atoms with E-state index < -0.39 is 0 Å². The third-order valence-electron chi connectivity index (χ3n) is 3.44. The van der Waals surface area contributed by atoms with E-state index in [0.717, 1.165) is 5.56 Å². The summed E-state index contributed by atoms with van der Waals surface area (Å²) in [5.41, 5.74) is 1.58. The Bertz CT molecular complexity index is 714. The van der Waals surface area contributed by atoms with Gasteiger partial charge in [-0.1, -0.05) is 43.8 Å². The minimum absolute atomic E-state index is 0.0108. The third-order valence-corrected chi connectivity index (χ3v) is 4.55. The fourth-order valence-corrected chi connectivity index (χ4v) is 3.12. The van der Waals surface area contributed by atoms with Crippen LogP contribution in [0, 0.1) is 0 Å². The van der Waals surface area contributed by atoms with E-state index in [1.54, 1.807) is 23.9 Å². The predicted molar refractivity (Wildman–Crippen MR) is 104 cm³/mol. The Morgan fingerprint density at radius 2 is 1.80 bits per heavy atom. The maximum atomic E-state index is 12.1. The van der Waals surface area contributed by atoms with Gasteiger partial charge in [0.1, 0.15) is 0 Å². The molecule has 1 atom stereocenters. The van der Waals surface area contributed by atoms with Crippen molar-refractivity contribution in [3.05, 3.63) is 72.8 Å². The van der Waals surface area contributed by atoms with Gasteiger partial charge < -0.3 is 10.6 Å². The molecule has 2 N–H and O–H groups in total. The number of benzene rings is 2. The summed E-state index contributed by atoms with van der Waals surface area (Å²) in [6.07, 6.45) is 1.54. The highest BCUT2D eigenvalue weighted by molar-refractivity contribution is 8.00. The number of amides is 2. The van der Waals surface area contributed by atoms with Crippen molar-refractivity contribution in [1.82, 2.24) is 5.32 Å². The van der Waals surface area contributed by atoms with Gasteiger partial charge in [0, 0.05) is 22.4 Å². The molecule has 0 fully saturated rings. The second-order valence-electron chi connectivity index (χ2n) is 5.61. The van der Waals surface area contributed by atoms with E-state index >= 15 is 0 Å². The van der Waals surface area contributed by atoms with Gasteiger partial charge in [-0.15, -0.1) is 11.8 Å². The first kappa shape index (κ1) is 18.8. The monoisotopic (exact) mass is 354 g/mol. The maximum absolute atomic E-state index is 12.1. The molecule has 25 heavy (non-hydrogen) atoms. The molecular weight excluding hydrogens is 332 g/mol. The SMILES string of the molecule is C=CC(=O)Nc1ccc(CC(=O)NCC(C)Sc2ccccc2)cc1. The fraction of sp³-hybridized carbons (Fsp3) is 0.200. The molecule has 4 nitrogen and oxygen atoms in total. The lowest BCUT2D eigenvalue weighted by atomic mass is 10.1. The Labute approximate surface area is 152 Å². The molecule has 0 saturated carbocycles. The average Bonchev–Trinajstić information content (AvgIpc) is 2.62. The molecule has 2 amide bonds. The van der Waals surface area contributed by atoms with Crippen LogP contribution in [0.1, 0.15) is 12.5 Å². The molecule has 0 aliphatic carbocycles. The van der Waals surface area contributed by atoms with Gasteiger partial charge in [-0.05, 0) is 35.9 Å². The van der Waals surface area contributed by atoms with Crippen LogP contribution in [0.25, 0.3) is 0 Å². The normalized spacial score (nSPS) is 11.4. The molecule has 2 aromatic rings. The smallest absolute Gasteiger partial charge is 0.247 e. The van der Waals surface area contributed by atoms with Crippen molar-refractivity contribution < 1.29 is 9.59 Å². The Morgan fingerprint density at radius 1 is 1.12 bits per heavy atom. The van der Waals surface area contributed by atoms with E-state index in [-0.39, 0.29) is 11.8 Å². The zero-order valence-corrected chi connectivity index (χ0v) is 15.0. The van der Waals surface area contributed by atoms with Gasteiger partial charge >= 0.3 is 0 Å². The fourth-order valence-electron chi connectivity index (χ4n) is 2.18. The molecule has 0 spiro atoms. The molecular formula is C20H22N2O2S. The minimum atomic E-state index is -0.254. The predicted octanol–water partition coefficient (Wildman–Crippen LogP) is 3.65. The van der Waals surface area contributed by atoms with Crippen LogP contribution in [0.5, 0.6) is 0 Å². The van der Waals surface area contributed by atoms with Gasteiger partial charge in [0.25, 0.3) is 0 Å². The molecule has 5 heteroatoms. The highest BCUT2D eigenvalue weighted by Gasteiger charge is 2.08. The van der Waals surface area contributed by atoms with Crippen LogP contribution in [0.4, 0.5) is 5.69 Å². The molecule has 2 aromatic carbocycles.